The number of nitrogens with one attached hydrogen (secondary N) is 1. The van der Waals surface area contributed by atoms with Crippen LogP contribution in [0, 0.1) is 0 Å². The Bertz CT molecular complexity index is 919. The molecule has 0 aliphatic carbocycles. The second kappa shape index (κ2) is 7.75. The molecular weight excluding hydrogens is 342 g/mol. The summed E-state index contributed by atoms with van der Waals surface area (Å²) in [4.78, 5) is 23.2. The quantitative estimate of drug-likeness (QED) is 0.754. The SMILES string of the molecule is Cn1cnc2cc(NC(=O)N(Cc3ccncc3)CC3CCCO3)ccc21. The fourth-order valence-electron chi connectivity index (χ4n) is 3.38. The molecule has 0 spiro atoms. The van der Waals surface area contributed by atoms with Gasteiger partial charge in [0.25, 0.3) is 0 Å². The third kappa shape index (κ3) is 4.09. The number of nitrogens with zero attached hydrogens (tertiary/aromatic N) is 4. The van der Waals surface area contributed by atoms with Crippen molar-refractivity contribution in [1.29, 1.82) is 0 Å². The molecule has 7 heteroatoms. The molecule has 0 saturated carbocycles. The number of hydrogen-bond donors (Lipinski definition) is 1. The number of urea groups is 1. The summed E-state index contributed by atoms with van der Waals surface area (Å²) in [7, 11) is 1.95. The van der Waals surface area contributed by atoms with Gasteiger partial charge < -0.3 is 19.5 Å². The van der Waals surface area contributed by atoms with Gasteiger partial charge in [-0.05, 0) is 48.7 Å². The molecule has 1 fully saturated rings. The lowest BCUT2D eigenvalue weighted by Crippen LogP contribution is -2.39. The van der Waals surface area contributed by atoms with Crippen molar-refractivity contribution in [3.8, 4) is 0 Å². The number of fused-ring (bicyclic) bond motifs is 1. The molecule has 0 radical (unpaired) electrons. The number of carbonyl (C=O) groups excluding carboxylic acids is 1. The van der Waals surface area contributed by atoms with Crippen LogP contribution < -0.4 is 5.32 Å². The van der Waals surface area contributed by atoms with Gasteiger partial charge in [0.05, 0.1) is 23.5 Å². The first-order chi connectivity index (χ1) is 13.2. The van der Waals surface area contributed by atoms with Crippen molar-refractivity contribution in [1.82, 2.24) is 19.4 Å². The van der Waals surface area contributed by atoms with Crippen LogP contribution in [-0.4, -0.2) is 44.7 Å². The van der Waals surface area contributed by atoms with E-state index < -0.39 is 0 Å². The highest BCUT2D eigenvalue weighted by molar-refractivity contribution is 5.92. The topological polar surface area (TPSA) is 72.3 Å². The van der Waals surface area contributed by atoms with E-state index in [0.717, 1.165) is 41.7 Å². The van der Waals surface area contributed by atoms with E-state index in [2.05, 4.69) is 15.3 Å². The number of amides is 2. The smallest absolute Gasteiger partial charge is 0.322 e. The first kappa shape index (κ1) is 17.5. The third-order valence-electron chi connectivity index (χ3n) is 4.83. The molecule has 1 N–H and O–H groups in total. The van der Waals surface area contributed by atoms with E-state index in [9.17, 15) is 4.79 Å². The lowest BCUT2D eigenvalue weighted by molar-refractivity contribution is 0.0819. The zero-order chi connectivity index (χ0) is 18.6. The minimum atomic E-state index is -0.141. The number of hydrogen-bond acceptors (Lipinski definition) is 4. The number of aryl methyl sites for hydroxylation is 1. The van der Waals surface area contributed by atoms with Gasteiger partial charge in [-0.2, -0.15) is 0 Å². The maximum absolute atomic E-state index is 13.0. The summed E-state index contributed by atoms with van der Waals surface area (Å²) in [5.41, 5.74) is 3.66. The Kier molecular flexibility index (Phi) is 5.02. The number of anilines is 1. The predicted molar refractivity (Wildman–Crippen MR) is 103 cm³/mol. The summed E-state index contributed by atoms with van der Waals surface area (Å²) < 4.78 is 7.69. The number of ether oxygens (including phenoxy) is 1. The normalized spacial score (nSPS) is 16.6. The molecule has 1 unspecified atom stereocenters. The number of benzene rings is 1. The van der Waals surface area contributed by atoms with Gasteiger partial charge in [-0.3, -0.25) is 4.98 Å². The lowest BCUT2D eigenvalue weighted by Gasteiger charge is -2.26. The van der Waals surface area contributed by atoms with Crippen molar-refractivity contribution >= 4 is 22.8 Å². The van der Waals surface area contributed by atoms with Crippen LogP contribution in [0.15, 0.2) is 49.1 Å². The van der Waals surface area contributed by atoms with Crippen LogP contribution in [0.3, 0.4) is 0 Å². The monoisotopic (exact) mass is 365 g/mol. The van der Waals surface area contributed by atoms with E-state index in [1.165, 1.54) is 0 Å². The largest absolute Gasteiger partial charge is 0.376 e. The van der Waals surface area contributed by atoms with Crippen LogP contribution >= 0.6 is 0 Å². The first-order valence-electron chi connectivity index (χ1n) is 9.16. The minimum Gasteiger partial charge on any atom is -0.376 e. The molecule has 1 atom stereocenters. The van der Waals surface area contributed by atoms with Crippen LogP contribution in [-0.2, 0) is 18.3 Å². The number of rotatable bonds is 5. The van der Waals surface area contributed by atoms with Gasteiger partial charge in [0, 0.05) is 44.8 Å². The molecule has 140 valence electrons. The molecule has 1 aromatic carbocycles. The second-order valence-electron chi connectivity index (χ2n) is 6.86. The lowest BCUT2D eigenvalue weighted by atomic mass is 10.2. The van der Waals surface area contributed by atoms with Crippen molar-refractivity contribution in [2.75, 3.05) is 18.5 Å². The fourth-order valence-corrected chi connectivity index (χ4v) is 3.38. The number of aromatic nitrogens is 3. The van der Waals surface area contributed by atoms with Crippen molar-refractivity contribution in [3.63, 3.8) is 0 Å². The Morgan fingerprint density at radius 3 is 2.96 bits per heavy atom. The summed E-state index contributed by atoms with van der Waals surface area (Å²) in [6.45, 7) is 1.85. The summed E-state index contributed by atoms with van der Waals surface area (Å²) in [6, 6.07) is 9.47. The molecule has 3 heterocycles. The van der Waals surface area contributed by atoms with E-state index in [0.29, 0.717) is 13.1 Å². The van der Waals surface area contributed by atoms with E-state index >= 15 is 0 Å². The van der Waals surface area contributed by atoms with E-state index in [-0.39, 0.29) is 12.1 Å². The zero-order valence-corrected chi connectivity index (χ0v) is 15.3. The van der Waals surface area contributed by atoms with Crippen molar-refractivity contribution in [2.24, 2.45) is 7.05 Å². The zero-order valence-electron chi connectivity index (χ0n) is 15.3. The van der Waals surface area contributed by atoms with Crippen LogP contribution in [0.25, 0.3) is 11.0 Å². The van der Waals surface area contributed by atoms with Gasteiger partial charge in [-0.25, -0.2) is 9.78 Å². The molecule has 0 bridgehead atoms. The molecule has 27 heavy (non-hydrogen) atoms. The molecule has 4 rings (SSSR count). The fraction of sp³-hybridized carbons (Fsp3) is 0.350. The molecule has 1 saturated heterocycles. The summed E-state index contributed by atoms with van der Waals surface area (Å²) in [5, 5.41) is 3.00. The summed E-state index contributed by atoms with van der Waals surface area (Å²) in [5.74, 6) is 0. The van der Waals surface area contributed by atoms with Crippen molar-refractivity contribution < 1.29 is 9.53 Å². The summed E-state index contributed by atoms with van der Waals surface area (Å²) >= 11 is 0. The van der Waals surface area contributed by atoms with Crippen LogP contribution in [0.1, 0.15) is 18.4 Å². The highest BCUT2D eigenvalue weighted by atomic mass is 16.5. The van der Waals surface area contributed by atoms with Gasteiger partial charge in [0.1, 0.15) is 0 Å². The molecule has 1 aliphatic heterocycles. The third-order valence-corrected chi connectivity index (χ3v) is 4.83. The van der Waals surface area contributed by atoms with Gasteiger partial charge in [0.15, 0.2) is 0 Å². The van der Waals surface area contributed by atoms with Crippen molar-refractivity contribution in [3.05, 3.63) is 54.6 Å². The first-order valence-corrected chi connectivity index (χ1v) is 9.16. The van der Waals surface area contributed by atoms with Crippen LogP contribution in [0.2, 0.25) is 0 Å². The summed E-state index contributed by atoms with van der Waals surface area (Å²) in [6.07, 6.45) is 7.38. The molecule has 7 nitrogen and oxygen atoms in total. The average molecular weight is 365 g/mol. The van der Waals surface area contributed by atoms with E-state index in [1.54, 1.807) is 23.6 Å². The van der Waals surface area contributed by atoms with Crippen LogP contribution in [0.5, 0.6) is 0 Å². The van der Waals surface area contributed by atoms with Gasteiger partial charge in [-0.1, -0.05) is 0 Å². The Balaban J connectivity index is 1.50. The Morgan fingerprint density at radius 1 is 1.33 bits per heavy atom. The minimum absolute atomic E-state index is 0.0934. The highest BCUT2D eigenvalue weighted by Gasteiger charge is 2.23. The predicted octanol–water partition coefficient (Wildman–Crippen LogP) is 3.18. The maximum Gasteiger partial charge on any atom is 0.322 e. The Hall–Kier alpha value is -2.93. The maximum atomic E-state index is 13.0. The standard InChI is InChI=1S/C20H23N5O2/c1-24-14-22-18-11-16(4-5-19(18)24)23-20(26)25(13-17-3-2-10-27-17)12-15-6-8-21-9-7-15/h4-9,11,14,17H,2-3,10,12-13H2,1H3,(H,23,26). The van der Waals surface area contributed by atoms with Gasteiger partial charge in [-0.15, -0.1) is 0 Å². The molecular formula is C20H23N5O2. The van der Waals surface area contributed by atoms with Crippen molar-refractivity contribution in [2.45, 2.75) is 25.5 Å². The molecule has 2 amide bonds. The van der Waals surface area contributed by atoms with E-state index in [1.807, 2.05) is 41.9 Å². The average Bonchev–Trinajstić information content (AvgIpc) is 3.32. The number of imidazole rings is 1. The second-order valence-corrected chi connectivity index (χ2v) is 6.86. The molecule has 2 aromatic heterocycles. The van der Waals surface area contributed by atoms with Crippen LogP contribution in [0.4, 0.5) is 10.5 Å². The van der Waals surface area contributed by atoms with Gasteiger partial charge >= 0.3 is 6.03 Å². The number of pyridine rings is 1. The number of carbonyl (C=O) groups is 1. The van der Waals surface area contributed by atoms with E-state index in [4.69, 9.17) is 4.74 Å². The molecule has 1 aliphatic rings. The Morgan fingerprint density at radius 2 is 2.19 bits per heavy atom. The highest BCUT2D eigenvalue weighted by Crippen LogP contribution is 2.19. The molecule has 3 aromatic rings. The van der Waals surface area contributed by atoms with Gasteiger partial charge in [0.2, 0.25) is 0 Å². The Labute approximate surface area is 158 Å².